The Morgan fingerprint density at radius 2 is 2.38 bits per heavy atom. The van der Waals surface area contributed by atoms with Crippen LogP contribution in [0.1, 0.15) is 11.6 Å². The number of phenols is 1. The maximum absolute atomic E-state index is 10.8. The molecule has 2 N–H and O–H groups in total. The van der Waals surface area contributed by atoms with E-state index in [1.54, 1.807) is 0 Å². The number of nitro groups is 1. The normalized spacial score (nSPS) is 20.6. The van der Waals surface area contributed by atoms with Crippen molar-refractivity contribution < 1.29 is 14.8 Å². The number of nitrogens with zero attached hydrogens (tertiary/aromatic N) is 1. The van der Waals surface area contributed by atoms with Crippen LogP contribution in [-0.2, 0) is 4.74 Å². The zero-order chi connectivity index (χ0) is 11.5. The molecule has 0 spiro atoms. The van der Waals surface area contributed by atoms with Gasteiger partial charge >= 0.3 is 0 Å². The molecule has 0 unspecified atom stereocenters. The molecular weight excluding hydrogens is 212 g/mol. The van der Waals surface area contributed by atoms with Crippen molar-refractivity contribution in [1.82, 2.24) is 5.32 Å². The summed E-state index contributed by atoms with van der Waals surface area (Å²) >= 11 is 0. The van der Waals surface area contributed by atoms with Crippen molar-refractivity contribution in [2.24, 2.45) is 0 Å². The standard InChI is InChI=1S/C10H12N2O4/c13-7-1-2-10(12(14)15)8(5-7)9-6-16-4-3-11-9/h1-2,5,9,11,13H,3-4,6H2/t9-/m0/s1. The van der Waals surface area contributed by atoms with E-state index in [4.69, 9.17) is 4.74 Å². The van der Waals surface area contributed by atoms with Crippen molar-refractivity contribution in [2.75, 3.05) is 19.8 Å². The molecule has 6 nitrogen and oxygen atoms in total. The number of nitro benzene ring substituents is 1. The highest BCUT2D eigenvalue weighted by Crippen LogP contribution is 2.29. The van der Waals surface area contributed by atoms with Crippen LogP contribution in [0.3, 0.4) is 0 Å². The van der Waals surface area contributed by atoms with Gasteiger partial charge in [0.25, 0.3) is 5.69 Å². The van der Waals surface area contributed by atoms with Crippen molar-refractivity contribution in [1.29, 1.82) is 0 Å². The highest BCUT2D eigenvalue weighted by molar-refractivity contribution is 5.46. The highest BCUT2D eigenvalue weighted by Gasteiger charge is 2.24. The summed E-state index contributed by atoms with van der Waals surface area (Å²) in [4.78, 5) is 10.4. The number of ether oxygens (including phenoxy) is 1. The van der Waals surface area contributed by atoms with Crippen molar-refractivity contribution in [2.45, 2.75) is 6.04 Å². The van der Waals surface area contributed by atoms with Crippen molar-refractivity contribution in [3.63, 3.8) is 0 Å². The summed E-state index contributed by atoms with van der Waals surface area (Å²) in [6.45, 7) is 1.63. The van der Waals surface area contributed by atoms with Gasteiger partial charge in [0.15, 0.2) is 0 Å². The topological polar surface area (TPSA) is 84.6 Å². The molecule has 1 aliphatic rings. The third-order valence-electron chi connectivity index (χ3n) is 2.50. The highest BCUT2D eigenvalue weighted by atomic mass is 16.6. The summed E-state index contributed by atoms with van der Waals surface area (Å²) in [5, 5.41) is 23.3. The van der Waals surface area contributed by atoms with Gasteiger partial charge in [0, 0.05) is 12.6 Å². The van der Waals surface area contributed by atoms with Crippen LogP contribution in [-0.4, -0.2) is 29.8 Å². The Hall–Kier alpha value is -1.66. The van der Waals surface area contributed by atoms with E-state index >= 15 is 0 Å². The van der Waals surface area contributed by atoms with E-state index in [-0.39, 0.29) is 17.5 Å². The molecule has 1 heterocycles. The van der Waals surface area contributed by atoms with Gasteiger partial charge in [-0.2, -0.15) is 0 Å². The zero-order valence-corrected chi connectivity index (χ0v) is 8.55. The first-order valence-electron chi connectivity index (χ1n) is 4.97. The Bertz CT molecular complexity index is 402. The number of hydrogen-bond acceptors (Lipinski definition) is 5. The monoisotopic (exact) mass is 224 g/mol. The zero-order valence-electron chi connectivity index (χ0n) is 8.55. The molecular formula is C10H12N2O4. The van der Waals surface area contributed by atoms with Crippen LogP contribution in [0.5, 0.6) is 5.75 Å². The largest absolute Gasteiger partial charge is 0.508 e. The van der Waals surface area contributed by atoms with Crippen LogP contribution in [0, 0.1) is 10.1 Å². The van der Waals surface area contributed by atoms with Gasteiger partial charge in [0.2, 0.25) is 0 Å². The lowest BCUT2D eigenvalue weighted by Crippen LogP contribution is -2.34. The van der Waals surface area contributed by atoms with Gasteiger partial charge < -0.3 is 15.2 Å². The molecule has 1 aromatic carbocycles. The third kappa shape index (κ3) is 2.12. The number of rotatable bonds is 2. The third-order valence-corrected chi connectivity index (χ3v) is 2.50. The first kappa shape index (κ1) is 10.8. The average molecular weight is 224 g/mol. The lowest BCUT2D eigenvalue weighted by Gasteiger charge is -2.23. The quantitative estimate of drug-likeness (QED) is 0.577. The SMILES string of the molecule is O=[N+]([O-])c1ccc(O)cc1[C@@H]1COCCN1. The predicted molar refractivity (Wildman–Crippen MR) is 56.3 cm³/mol. The summed E-state index contributed by atoms with van der Waals surface area (Å²) in [5.41, 5.74) is 0.463. The van der Waals surface area contributed by atoms with E-state index in [1.165, 1.54) is 18.2 Å². The van der Waals surface area contributed by atoms with Crippen molar-refractivity contribution >= 4 is 5.69 Å². The molecule has 0 amide bonds. The summed E-state index contributed by atoms with van der Waals surface area (Å²) in [7, 11) is 0. The molecule has 16 heavy (non-hydrogen) atoms. The molecule has 1 aliphatic heterocycles. The first-order valence-corrected chi connectivity index (χ1v) is 4.97. The van der Waals surface area contributed by atoms with Gasteiger partial charge in [-0.3, -0.25) is 10.1 Å². The summed E-state index contributed by atoms with van der Waals surface area (Å²) < 4.78 is 5.24. The van der Waals surface area contributed by atoms with Crippen LogP contribution in [0.15, 0.2) is 18.2 Å². The number of aromatic hydroxyl groups is 1. The minimum atomic E-state index is -0.453. The van der Waals surface area contributed by atoms with Crippen LogP contribution in [0.2, 0.25) is 0 Å². The van der Waals surface area contributed by atoms with Gasteiger partial charge in [-0.1, -0.05) is 0 Å². The van der Waals surface area contributed by atoms with E-state index in [1.807, 2.05) is 0 Å². The molecule has 1 atom stereocenters. The Morgan fingerprint density at radius 3 is 3.00 bits per heavy atom. The molecule has 0 bridgehead atoms. The molecule has 1 fully saturated rings. The average Bonchev–Trinajstić information content (AvgIpc) is 2.29. The molecule has 2 rings (SSSR count). The van der Waals surface area contributed by atoms with Gasteiger partial charge in [-0.05, 0) is 12.1 Å². The molecule has 0 saturated carbocycles. The number of morpholine rings is 1. The number of hydrogen-bond donors (Lipinski definition) is 2. The summed E-state index contributed by atoms with van der Waals surface area (Å²) in [6.07, 6.45) is 0. The Morgan fingerprint density at radius 1 is 1.56 bits per heavy atom. The predicted octanol–water partition coefficient (Wildman–Crippen LogP) is 0.961. The van der Waals surface area contributed by atoms with E-state index in [2.05, 4.69) is 5.32 Å². The van der Waals surface area contributed by atoms with Crippen molar-refractivity contribution in [3.8, 4) is 5.75 Å². The van der Waals surface area contributed by atoms with Crippen molar-refractivity contribution in [3.05, 3.63) is 33.9 Å². The second-order valence-electron chi connectivity index (χ2n) is 3.58. The van der Waals surface area contributed by atoms with Crippen LogP contribution < -0.4 is 5.32 Å². The molecule has 6 heteroatoms. The second kappa shape index (κ2) is 4.46. The van der Waals surface area contributed by atoms with Crippen LogP contribution in [0.4, 0.5) is 5.69 Å². The molecule has 1 saturated heterocycles. The van der Waals surface area contributed by atoms with Crippen LogP contribution >= 0.6 is 0 Å². The fourth-order valence-electron chi connectivity index (χ4n) is 1.75. The Balaban J connectivity index is 2.36. The minimum absolute atomic E-state index is 0.000741. The van der Waals surface area contributed by atoms with Gasteiger partial charge in [-0.15, -0.1) is 0 Å². The van der Waals surface area contributed by atoms with Crippen LogP contribution in [0.25, 0.3) is 0 Å². The molecule has 0 radical (unpaired) electrons. The van der Waals surface area contributed by atoms with Gasteiger partial charge in [0.05, 0.1) is 29.7 Å². The van der Waals surface area contributed by atoms with Gasteiger partial charge in [-0.25, -0.2) is 0 Å². The lowest BCUT2D eigenvalue weighted by molar-refractivity contribution is -0.385. The molecule has 0 aliphatic carbocycles. The van der Waals surface area contributed by atoms with E-state index in [9.17, 15) is 15.2 Å². The maximum atomic E-state index is 10.8. The van der Waals surface area contributed by atoms with E-state index in [0.717, 1.165) is 0 Å². The summed E-state index contributed by atoms with van der Waals surface area (Å²) in [5.74, 6) is 0.0213. The lowest BCUT2D eigenvalue weighted by atomic mass is 10.0. The summed E-state index contributed by atoms with van der Waals surface area (Å²) in [6, 6.07) is 3.79. The molecule has 86 valence electrons. The number of phenolic OH excluding ortho intramolecular Hbond substituents is 1. The Labute approximate surface area is 92.0 Å². The smallest absolute Gasteiger partial charge is 0.274 e. The maximum Gasteiger partial charge on any atom is 0.274 e. The second-order valence-corrected chi connectivity index (χ2v) is 3.58. The fraction of sp³-hybridized carbons (Fsp3) is 0.400. The number of nitrogens with one attached hydrogen (secondary N) is 1. The van der Waals surface area contributed by atoms with E-state index < -0.39 is 4.92 Å². The minimum Gasteiger partial charge on any atom is -0.508 e. The van der Waals surface area contributed by atoms with Gasteiger partial charge in [0.1, 0.15) is 5.75 Å². The number of benzene rings is 1. The first-order chi connectivity index (χ1) is 7.68. The molecule has 0 aromatic heterocycles. The van der Waals surface area contributed by atoms with E-state index in [0.29, 0.717) is 25.3 Å². The Kier molecular flexibility index (Phi) is 3.02. The fourth-order valence-corrected chi connectivity index (χ4v) is 1.75. The molecule has 1 aromatic rings.